The molecule has 0 spiro atoms. The molecule has 1 fully saturated rings. The molecule has 0 unspecified atom stereocenters. The standard InChI is InChI=1S/C12H19NO2/c1-3-9-13(2)12(10-11(14)15)7-5-4-6-8-12/h1H,4-10H2,2H3,(H,14,15). The molecular weight excluding hydrogens is 190 g/mol. The van der Waals surface area contributed by atoms with Gasteiger partial charge in [0.2, 0.25) is 0 Å². The Morgan fingerprint density at radius 2 is 2.07 bits per heavy atom. The highest BCUT2D eigenvalue weighted by Gasteiger charge is 2.37. The highest BCUT2D eigenvalue weighted by atomic mass is 16.4. The second-order valence-corrected chi connectivity index (χ2v) is 4.42. The molecule has 0 amide bonds. The van der Waals surface area contributed by atoms with Crippen molar-refractivity contribution >= 4 is 5.97 Å². The summed E-state index contributed by atoms with van der Waals surface area (Å²) in [5.74, 6) is 1.87. The molecule has 3 nitrogen and oxygen atoms in total. The topological polar surface area (TPSA) is 40.5 Å². The maximum atomic E-state index is 10.9. The molecule has 1 N–H and O–H groups in total. The maximum absolute atomic E-state index is 10.9. The minimum Gasteiger partial charge on any atom is -0.481 e. The first-order chi connectivity index (χ1) is 7.10. The third kappa shape index (κ3) is 2.97. The lowest BCUT2D eigenvalue weighted by molar-refractivity contribution is -0.140. The van der Waals surface area contributed by atoms with E-state index in [0.717, 1.165) is 25.7 Å². The average Bonchev–Trinajstić information content (AvgIpc) is 2.18. The minimum absolute atomic E-state index is 0.198. The fourth-order valence-electron chi connectivity index (χ4n) is 2.49. The van der Waals surface area contributed by atoms with Crippen LogP contribution >= 0.6 is 0 Å². The predicted octanol–water partition coefficient (Wildman–Crippen LogP) is 1.73. The van der Waals surface area contributed by atoms with Crippen molar-refractivity contribution in [1.82, 2.24) is 4.90 Å². The second kappa shape index (κ2) is 5.18. The van der Waals surface area contributed by atoms with Gasteiger partial charge in [0, 0.05) is 5.54 Å². The molecule has 1 rings (SSSR count). The van der Waals surface area contributed by atoms with Gasteiger partial charge in [-0.05, 0) is 19.9 Å². The summed E-state index contributed by atoms with van der Waals surface area (Å²) in [4.78, 5) is 12.9. The minimum atomic E-state index is -0.722. The van der Waals surface area contributed by atoms with Crippen LogP contribution in [0.1, 0.15) is 38.5 Å². The molecule has 0 heterocycles. The second-order valence-electron chi connectivity index (χ2n) is 4.42. The molecule has 0 saturated heterocycles. The van der Waals surface area contributed by atoms with Crippen molar-refractivity contribution in [2.75, 3.05) is 13.6 Å². The molecule has 84 valence electrons. The fraction of sp³-hybridized carbons (Fsp3) is 0.750. The summed E-state index contributed by atoms with van der Waals surface area (Å²) in [7, 11) is 1.94. The quantitative estimate of drug-likeness (QED) is 0.717. The molecule has 0 radical (unpaired) electrons. The first kappa shape index (κ1) is 12.1. The molecule has 0 aromatic rings. The van der Waals surface area contributed by atoms with E-state index in [0.29, 0.717) is 6.54 Å². The van der Waals surface area contributed by atoms with Crippen LogP contribution in [0, 0.1) is 12.3 Å². The molecule has 1 saturated carbocycles. The molecule has 0 aromatic heterocycles. The van der Waals surface area contributed by atoms with Crippen molar-refractivity contribution in [2.45, 2.75) is 44.1 Å². The summed E-state index contributed by atoms with van der Waals surface area (Å²) in [5, 5.41) is 8.97. The average molecular weight is 209 g/mol. The van der Waals surface area contributed by atoms with Crippen molar-refractivity contribution in [2.24, 2.45) is 0 Å². The van der Waals surface area contributed by atoms with Crippen LogP contribution in [0.2, 0.25) is 0 Å². The van der Waals surface area contributed by atoms with E-state index >= 15 is 0 Å². The Labute approximate surface area is 91.5 Å². The van der Waals surface area contributed by atoms with Crippen LogP contribution in [0.5, 0.6) is 0 Å². The molecule has 0 atom stereocenters. The first-order valence-corrected chi connectivity index (χ1v) is 5.47. The third-order valence-electron chi connectivity index (χ3n) is 3.40. The Bertz CT molecular complexity index is 261. The molecule has 0 aliphatic heterocycles. The zero-order chi connectivity index (χ0) is 11.3. The van der Waals surface area contributed by atoms with Crippen molar-refractivity contribution < 1.29 is 9.90 Å². The number of rotatable bonds is 4. The van der Waals surface area contributed by atoms with Gasteiger partial charge in [-0.3, -0.25) is 9.69 Å². The van der Waals surface area contributed by atoms with E-state index in [-0.39, 0.29) is 12.0 Å². The Balaban J connectivity index is 2.74. The first-order valence-electron chi connectivity index (χ1n) is 5.47. The van der Waals surface area contributed by atoms with E-state index in [1.54, 1.807) is 0 Å². The van der Waals surface area contributed by atoms with Gasteiger partial charge in [0.1, 0.15) is 0 Å². The molecule has 3 heteroatoms. The van der Waals surface area contributed by atoms with E-state index in [2.05, 4.69) is 5.92 Å². The summed E-state index contributed by atoms with van der Waals surface area (Å²) in [5.41, 5.74) is -0.198. The zero-order valence-electron chi connectivity index (χ0n) is 9.33. The van der Waals surface area contributed by atoms with Crippen molar-refractivity contribution in [1.29, 1.82) is 0 Å². The molecular formula is C12H19NO2. The number of terminal acetylenes is 1. The highest BCUT2D eigenvalue weighted by Crippen LogP contribution is 2.35. The summed E-state index contributed by atoms with van der Waals surface area (Å²) in [6.45, 7) is 0.535. The normalized spacial score (nSPS) is 19.8. The van der Waals surface area contributed by atoms with Crippen LogP contribution in [0.15, 0.2) is 0 Å². The van der Waals surface area contributed by atoms with Gasteiger partial charge >= 0.3 is 5.97 Å². The molecule has 15 heavy (non-hydrogen) atoms. The molecule has 1 aliphatic rings. The number of hydrogen-bond donors (Lipinski definition) is 1. The number of hydrogen-bond acceptors (Lipinski definition) is 2. The Hall–Kier alpha value is -1.01. The van der Waals surface area contributed by atoms with Gasteiger partial charge in [-0.25, -0.2) is 0 Å². The number of carboxylic acid groups (broad SMARTS) is 1. The van der Waals surface area contributed by atoms with Crippen molar-refractivity contribution in [3.8, 4) is 12.3 Å². The van der Waals surface area contributed by atoms with Crippen LogP contribution in [0.3, 0.4) is 0 Å². The lowest BCUT2D eigenvalue weighted by Gasteiger charge is -2.43. The van der Waals surface area contributed by atoms with Crippen LogP contribution in [-0.4, -0.2) is 35.1 Å². The van der Waals surface area contributed by atoms with Gasteiger partial charge in [-0.15, -0.1) is 6.42 Å². The Kier molecular flexibility index (Phi) is 4.16. The number of carbonyl (C=O) groups is 1. The highest BCUT2D eigenvalue weighted by molar-refractivity contribution is 5.68. The monoisotopic (exact) mass is 209 g/mol. The van der Waals surface area contributed by atoms with Crippen molar-refractivity contribution in [3.63, 3.8) is 0 Å². The van der Waals surface area contributed by atoms with E-state index in [1.807, 2.05) is 11.9 Å². The van der Waals surface area contributed by atoms with Gasteiger partial charge in [0.15, 0.2) is 0 Å². The van der Waals surface area contributed by atoms with Crippen LogP contribution in [0.4, 0.5) is 0 Å². The number of carboxylic acids is 1. The van der Waals surface area contributed by atoms with E-state index in [4.69, 9.17) is 11.5 Å². The van der Waals surface area contributed by atoms with E-state index < -0.39 is 5.97 Å². The van der Waals surface area contributed by atoms with Gasteiger partial charge in [0.05, 0.1) is 13.0 Å². The third-order valence-corrected chi connectivity index (χ3v) is 3.40. The summed E-state index contributed by atoms with van der Waals surface area (Å²) in [6.07, 6.45) is 10.9. The van der Waals surface area contributed by atoms with Crippen LogP contribution in [-0.2, 0) is 4.79 Å². The Morgan fingerprint density at radius 1 is 1.47 bits per heavy atom. The number of aliphatic carboxylic acids is 1. The lowest BCUT2D eigenvalue weighted by atomic mass is 9.78. The predicted molar refractivity (Wildman–Crippen MR) is 59.5 cm³/mol. The summed E-state index contributed by atoms with van der Waals surface area (Å²) in [6, 6.07) is 0. The summed E-state index contributed by atoms with van der Waals surface area (Å²) >= 11 is 0. The smallest absolute Gasteiger partial charge is 0.305 e. The van der Waals surface area contributed by atoms with E-state index in [9.17, 15) is 4.79 Å². The largest absolute Gasteiger partial charge is 0.481 e. The van der Waals surface area contributed by atoms with Crippen molar-refractivity contribution in [3.05, 3.63) is 0 Å². The Morgan fingerprint density at radius 3 is 2.53 bits per heavy atom. The molecule has 0 bridgehead atoms. The van der Waals surface area contributed by atoms with Gasteiger partial charge in [0.25, 0.3) is 0 Å². The SMILES string of the molecule is C#CCN(C)C1(CC(=O)O)CCCCC1. The summed E-state index contributed by atoms with van der Waals surface area (Å²) < 4.78 is 0. The van der Waals surface area contributed by atoms with E-state index in [1.165, 1.54) is 6.42 Å². The molecule has 0 aromatic carbocycles. The maximum Gasteiger partial charge on any atom is 0.305 e. The molecule has 1 aliphatic carbocycles. The van der Waals surface area contributed by atoms with Gasteiger partial charge < -0.3 is 5.11 Å². The van der Waals surface area contributed by atoms with Crippen LogP contribution < -0.4 is 0 Å². The van der Waals surface area contributed by atoms with Gasteiger partial charge in [-0.2, -0.15) is 0 Å². The fourth-order valence-corrected chi connectivity index (χ4v) is 2.49. The van der Waals surface area contributed by atoms with Crippen LogP contribution in [0.25, 0.3) is 0 Å². The lowest BCUT2D eigenvalue weighted by Crippen LogP contribution is -2.49. The number of nitrogens with zero attached hydrogens (tertiary/aromatic N) is 1. The van der Waals surface area contributed by atoms with Gasteiger partial charge in [-0.1, -0.05) is 25.2 Å². The zero-order valence-corrected chi connectivity index (χ0v) is 9.33.